The van der Waals surface area contributed by atoms with Crippen molar-refractivity contribution in [3.8, 4) is 0 Å². The zero-order valence-electron chi connectivity index (χ0n) is 44.8. The quantitative estimate of drug-likeness (QED) is 0.107. The molecule has 0 aromatic heterocycles. The van der Waals surface area contributed by atoms with E-state index in [0.29, 0.717) is 93.4 Å². The molecule has 21 heteroatoms. The number of benzene rings is 8. The van der Waals surface area contributed by atoms with E-state index in [1.165, 1.54) is 6.38 Å². The second-order valence-corrected chi connectivity index (χ2v) is 19.3. The van der Waals surface area contributed by atoms with Crippen molar-refractivity contribution < 1.29 is 47.5 Å². The Hall–Kier alpha value is -10.2. The van der Waals surface area contributed by atoms with E-state index in [0.717, 1.165) is 130 Å². The van der Waals surface area contributed by atoms with E-state index in [9.17, 15) is 0 Å². The van der Waals surface area contributed by atoms with Crippen LogP contribution in [0.4, 0.5) is 0 Å². The van der Waals surface area contributed by atoms with E-state index in [4.69, 9.17) is 86.5 Å². The molecule has 0 radical (unpaired) electrons. The van der Waals surface area contributed by atoms with Crippen LogP contribution in [0.5, 0.6) is 0 Å². The number of nitrogens with zero attached hydrogens (tertiary/aromatic N) is 16. The van der Waals surface area contributed by atoms with Gasteiger partial charge in [0.1, 0.15) is 0 Å². The molecule has 18 rings (SSSR count). The van der Waals surface area contributed by atoms with Crippen LogP contribution in [0.2, 0.25) is 0 Å². The smallest absolute Gasteiger partial charge is 0.164 e. The normalized spacial score (nSPS) is 16.1. The van der Waals surface area contributed by atoms with E-state index in [1.807, 2.05) is 194 Å². The largest absolute Gasteiger partial charge is 0.208 e. The fourth-order valence-electron chi connectivity index (χ4n) is 10.9. The van der Waals surface area contributed by atoms with E-state index in [-0.39, 0.29) is 0 Å². The Kier molecular flexibility index (Phi) is 14.2. The van der Waals surface area contributed by atoms with Crippen LogP contribution >= 0.6 is 11.6 Å². The van der Waals surface area contributed by atoms with Gasteiger partial charge < -0.3 is 0 Å². The van der Waals surface area contributed by atoms with Crippen molar-refractivity contribution in [1.82, 2.24) is 0 Å². The summed E-state index contributed by atoms with van der Waals surface area (Å²) < 4.78 is 16.5. The van der Waals surface area contributed by atoms with Gasteiger partial charge in [-0.05, 0) is 0 Å². The maximum absolute atomic E-state index is 8.25. The number of fused-ring (bicyclic) bond motifs is 32. The predicted molar refractivity (Wildman–Crippen MR) is 329 cm³/mol. The summed E-state index contributed by atoms with van der Waals surface area (Å²) in [4.78, 5) is 78.5. The number of hydrogen-bond donors (Lipinski definition) is 0. The summed E-state index contributed by atoms with van der Waals surface area (Å²) in [5, 5.41) is 0. The van der Waals surface area contributed by atoms with Crippen LogP contribution < -0.4 is 0 Å². The molecular formula is C65H35ClN16O2Ti2. The third kappa shape index (κ3) is 9.23. The van der Waals surface area contributed by atoms with Crippen molar-refractivity contribution in [3.05, 3.63) is 283 Å². The van der Waals surface area contributed by atoms with Crippen LogP contribution in [0, 0.1) is 0 Å². The predicted octanol–water partition coefficient (Wildman–Crippen LogP) is 10.3. The molecular weight excluding hydrogens is 1170 g/mol. The molecule has 0 N–H and O–H groups in total. The van der Waals surface area contributed by atoms with Gasteiger partial charge >= 0.3 is 47.5 Å². The zero-order chi connectivity index (χ0) is 58.4. The van der Waals surface area contributed by atoms with Crippen LogP contribution in [0.15, 0.2) is 274 Å². The average molecular weight is 1200 g/mol. The molecule has 0 fully saturated rings. The number of rotatable bonds is 0. The summed E-state index contributed by atoms with van der Waals surface area (Å²) in [7, 11) is 0. The third-order valence-electron chi connectivity index (χ3n) is 14.7. The first-order chi connectivity index (χ1) is 42.6. The van der Waals surface area contributed by atoms with Gasteiger partial charge in [-0.1, -0.05) is 194 Å². The van der Waals surface area contributed by atoms with Gasteiger partial charge in [-0.25, -0.2) is 79.9 Å². The SMILES string of the molecule is CCl.[O]=[Ti].[O]=[Ti].c1ccc2c(c1)C1=NC2=NC2=NC(=NC3=NC(=NC4=NC(=N1)c1ccccc14)c1ccccc13)c1ccccc12.c1ccc2c(c1)C1=NC2=NC2=NC(=NC3=NC(=NC4=NC(=N1)c1ccccc14)c1ccccc13)c1ccccc12. The molecule has 0 unspecified atom stereocenters. The van der Waals surface area contributed by atoms with Crippen molar-refractivity contribution in [2.75, 3.05) is 6.38 Å². The minimum Gasteiger partial charge on any atom is -0.208 e. The summed E-state index contributed by atoms with van der Waals surface area (Å²) in [5.41, 5.74) is 14.3. The molecule has 0 spiro atoms. The van der Waals surface area contributed by atoms with Crippen molar-refractivity contribution >= 4 is 105 Å². The topological polar surface area (TPSA) is 232 Å². The summed E-state index contributed by atoms with van der Waals surface area (Å²) in [5.74, 6) is 8.83. The van der Waals surface area contributed by atoms with Crippen molar-refractivity contribution in [2.24, 2.45) is 79.9 Å². The molecule has 16 bridgehead atoms. The van der Waals surface area contributed by atoms with Crippen molar-refractivity contribution in [3.63, 3.8) is 0 Å². The van der Waals surface area contributed by atoms with Gasteiger partial charge in [-0.2, -0.15) is 0 Å². The van der Waals surface area contributed by atoms with Crippen LogP contribution in [0.1, 0.15) is 89.0 Å². The summed E-state index contributed by atoms with van der Waals surface area (Å²) in [6, 6.07) is 63.7. The van der Waals surface area contributed by atoms with E-state index in [2.05, 4.69) is 11.6 Å². The van der Waals surface area contributed by atoms with E-state index >= 15 is 0 Å². The molecule has 10 aliphatic heterocycles. The number of halogens is 1. The third-order valence-corrected chi connectivity index (χ3v) is 14.7. The van der Waals surface area contributed by atoms with Gasteiger partial charge in [0.25, 0.3) is 0 Å². The number of amidine groups is 16. The van der Waals surface area contributed by atoms with Crippen molar-refractivity contribution in [2.45, 2.75) is 0 Å². The van der Waals surface area contributed by atoms with Gasteiger partial charge in [0.05, 0.1) is 0 Å². The first-order valence-corrected chi connectivity index (χ1v) is 28.6. The Morgan fingerprint density at radius 2 is 0.221 bits per heavy atom. The van der Waals surface area contributed by atoms with Gasteiger partial charge in [0.15, 0.2) is 93.4 Å². The summed E-state index contributed by atoms with van der Waals surface area (Å²) >= 11 is 6.14. The standard InChI is InChI=1S/2C32H16N8.CH3Cl.2O.2Ti/c2*1-2-10-18-17(9-1)25-33-26(18)38-28-21-13-5-6-14-22(21)30(35-28)40-32-24-16-8-7-15-23(24)31(36-32)39-29-20-12-4-3-11-19(20)27(34-29)37-25;1-2;;;;/h2*1-16H;1H3;;;;. The monoisotopic (exact) mass is 1200 g/mol. The van der Waals surface area contributed by atoms with Gasteiger partial charge in [-0.15, -0.1) is 11.6 Å². The zero-order valence-corrected chi connectivity index (χ0v) is 48.7. The fourth-order valence-corrected chi connectivity index (χ4v) is 10.9. The number of hydrogen-bond acceptors (Lipinski definition) is 18. The summed E-state index contributed by atoms with van der Waals surface area (Å²) in [6.07, 6.45) is 1.47. The first kappa shape index (κ1) is 53.8. The molecule has 86 heavy (non-hydrogen) atoms. The Labute approximate surface area is 518 Å². The second kappa shape index (κ2) is 22.8. The van der Waals surface area contributed by atoms with E-state index < -0.39 is 0 Å². The molecule has 0 atom stereocenters. The summed E-state index contributed by atoms with van der Waals surface area (Å²) in [6.45, 7) is 0. The molecule has 0 amide bonds. The number of aliphatic imine (C=N–C) groups is 16. The molecule has 0 aliphatic carbocycles. The van der Waals surface area contributed by atoms with Crippen LogP contribution in [0.3, 0.4) is 0 Å². The van der Waals surface area contributed by atoms with Crippen LogP contribution in [-0.2, 0) is 47.5 Å². The molecule has 18 nitrogen and oxygen atoms in total. The Balaban J connectivity index is 0.000000140. The molecule has 10 aliphatic rings. The fraction of sp³-hybridized carbons (Fsp3) is 0.0154. The van der Waals surface area contributed by atoms with Crippen molar-refractivity contribution in [1.29, 1.82) is 0 Å². The maximum atomic E-state index is 8.25. The molecule has 0 saturated heterocycles. The molecule has 10 heterocycles. The minimum atomic E-state index is 0.552. The molecule has 8 aromatic rings. The molecule has 0 saturated carbocycles. The second-order valence-electron chi connectivity index (χ2n) is 19.3. The maximum Gasteiger partial charge on any atom is 0.164 e. The van der Waals surface area contributed by atoms with Gasteiger partial charge in [0.2, 0.25) is 0 Å². The van der Waals surface area contributed by atoms with Gasteiger partial charge in [-0.3, -0.25) is 0 Å². The first-order valence-electron chi connectivity index (χ1n) is 26.6. The molecule has 8 aromatic carbocycles. The van der Waals surface area contributed by atoms with Crippen LogP contribution in [0.25, 0.3) is 0 Å². The minimum absolute atomic E-state index is 0.552. The number of alkyl halides is 1. The Bertz CT molecular complexity index is 3940. The van der Waals surface area contributed by atoms with E-state index in [1.54, 1.807) is 0 Å². The Morgan fingerprint density at radius 3 is 0.279 bits per heavy atom. The Morgan fingerprint density at radius 1 is 0.163 bits per heavy atom. The average Bonchev–Trinajstić information content (AvgIpc) is 2.62. The van der Waals surface area contributed by atoms with Gasteiger partial charge in [0, 0.05) is 95.4 Å². The molecule has 402 valence electrons. The van der Waals surface area contributed by atoms with Crippen LogP contribution in [-0.4, -0.2) is 99.8 Å².